The predicted octanol–water partition coefficient (Wildman–Crippen LogP) is 3.03. The molecule has 10 heteroatoms. The monoisotopic (exact) mass is 472 g/mol. The van der Waals surface area contributed by atoms with E-state index >= 15 is 0 Å². The van der Waals surface area contributed by atoms with Crippen molar-refractivity contribution in [1.29, 1.82) is 0 Å². The Bertz CT molecular complexity index is 841. The van der Waals surface area contributed by atoms with Crippen LogP contribution in [0.2, 0.25) is 0 Å². The van der Waals surface area contributed by atoms with Crippen LogP contribution in [0.5, 0.6) is 0 Å². The van der Waals surface area contributed by atoms with Crippen LogP contribution in [0.3, 0.4) is 0 Å². The highest BCUT2D eigenvalue weighted by molar-refractivity contribution is 5.34. The fourth-order valence-corrected chi connectivity index (χ4v) is 3.56. The van der Waals surface area contributed by atoms with E-state index in [0.717, 1.165) is 63.2 Å². The van der Waals surface area contributed by atoms with Crippen LogP contribution in [-0.2, 0) is 13.1 Å². The Morgan fingerprint density at radius 2 is 1.21 bits per heavy atom. The molecule has 0 aliphatic carbocycles. The second kappa shape index (κ2) is 15.1. The molecule has 2 aromatic carbocycles. The molecule has 0 radical (unpaired) electrons. The summed E-state index contributed by atoms with van der Waals surface area (Å²) in [6.45, 7) is 6.83. The summed E-state index contributed by atoms with van der Waals surface area (Å²) in [5.41, 5.74) is 2.06. The first-order valence-electron chi connectivity index (χ1n) is 11.6. The van der Waals surface area contributed by atoms with Crippen LogP contribution < -0.4 is 10.6 Å². The van der Waals surface area contributed by atoms with Crippen molar-refractivity contribution in [3.8, 4) is 0 Å². The van der Waals surface area contributed by atoms with Crippen molar-refractivity contribution in [3.05, 3.63) is 79.9 Å². The molecule has 0 bridgehead atoms. The molecule has 2 aromatic rings. The van der Waals surface area contributed by atoms with Gasteiger partial charge in [0.15, 0.2) is 0 Å². The first-order valence-corrected chi connectivity index (χ1v) is 11.6. The fourth-order valence-electron chi connectivity index (χ4n) is 3.56. The zero-order valence-corrected chi connectivity index (χ0v) is 20.1. The summed E-state index contributed by atoms with van der Waals surface area (Å²) in [6.07, 6.45) is 1.98. The Morgan fingerprint density at radius 1 is 0.735 bits per heavy atom. The van der Waals surface area contributed by atoms with Crippen molar-refractivity contribution in [2.45, 2.75) is 25.9 Å². The third-order valence-electron chi connectivity index (χ3n) is 5.42. The minimum Gasteiger partial charge on any atom is -0.313 e. The van der Waals surface area contributed by atoms with Gasteiger partial charge in [-0.3, -0.25) is 20.2 Å². The van der Waals surface area contributed by atoms with Gasteiger partial charge in [-0.25, -0.2) is 0 Å². The van der Waals surface area contributed by atoms with Gasteiger partial charge in [0.2, 0.25) is 0 Å². The lowest BCUT2D eigenvalue weighted by Crippen LogP contribution is -2.35. The summed E-state index contributed by atoms with van der Waals surface area (Å²) in [7, 11) is 4.14. The lowest BCUT2D eigenvalue weighted by atomic mass is 10.2. The number of likely N-dealkylation sites (N-methyl/N-ethyl adjacent to an activating group) is 1. The maximum Gasteiger partial charge on any atom is 0.269 e. The molecule has 10 nitrogen and oxygen atoms in total. The molecule has 0 amide bonds. The lowest BCUT2D eigenvalue weighted by molar-refractivity contribution is -0.385. The van der Waals surface area contributed by atoms with Crippen LogP contribution in [0.1, 0.15) is 24.0 Å². The van der Waals surface area contributed by atoms with Gasteiger partial charge in [-0.2, -0.15) is 0 Å². The minimum atomic E-state index is -0.370. The molecule has 0 fully saturated rings. The lowest BCUT2D eigenvalue weighted by Gasteiger charge is -2.24. The van der Waals surface area contributed by atoms with E-state index in [0.29, 0.717) is 13.1 Å². The zero-order valence-electron chi connectivity index (χ0n) is 20.1. The van der Waals surface area contributed by atoms with E-state index in [1.807, 2.05) is 12.1 Å². The molecule has 0 heterocycles. The molecule has 0 saturated heterocycles. The van der Waals surface area contributed by atoms with E-state index in [1.54, 1.807) is 24.3 Å². The number of nitro groups is 2. The molecule has 0 aromatic heterocycles. The number of non-ortho nitro benzene ring substituents is 2. The molecule has 0 aliphatic heterocycles. The van der Waals surface area contributed by atoms with Gasteiger partial charge in [0.25, 0.3) is 11.4 Å². The van der Waals surface area contributed by atoms with E-state index in [4.69, 9.17) is 0 Å². The molecule has 0 saturated carbocycles. The van der Waals surface area contributed by atoms with E-state index in [2.05, 4.69) is 34.5 Å². The molecule has 34 heavy (non-hydrogen) atoms. The predicted molar refractivity (Wildman–Crippen MR) is 134 cm³/mol. The summed E-state index contributed by atoms with van der Waals surface area (Å²) < 4.78 is 0. The Balaban J connectivity index is 1.67. The average molecular weight is 473 g/mol. The molecular weight excluding hydrogens is 436 g/mol. The van der Waals surface area contributed by atoms with Gasteiger partial charge in [-0.15, -0.1) is 0 Å². The number of nitrogens with one attached hydrogen (secondary N) is 2. The summed E-state index contributed by atoms with van der Waals surface area (Å²) in [6, 6.07) is 13.4. The van der Waals surface area contributed by atoms with Crippen molar-refractivity contribution in [2.24, 2.45) is 0 Å². The Hall–Kier alpha value is -2.92. The smallest absolute Gasteiger partial charge is 0.269 e. The number of nitro benzene ring substituents is 2. The van der Waals surface area contributed by atoms with E-state index in [9.17, 15) is 20.2 Å². The fraction of sp³-hybridized carbons (Fsp3) is 0.500. The van der Waals surface area contributed by atoms with Gasteiger partial charge in [-0.1, -0.05) is 24.3 Å². The average Bonchev–Trinajstić information content (AvgIpc) is 2.81. The molecule has 2 rings (SSSR count). The highest BCUT2D eigenvalue weighted by atomic mass is 16.6. The third kappa shape index (κ3) is 10.8. The summed E-state index contributed by atoms with van der Waals surface area (Å²) in [5, 5.41) is 28.5. The van der Waals surface area contributed by atoms with Gasteiger partial charge < -0.3 is 20.4 Å². The first kappa shape index (κ1) is 27.3. The Labute approximate surface area is 201 Å². The number of nitrogens with zero attached hydrogens (tertiary/aromatic N) is 4. The number of hydrogen-bond acceptors (Lipinski definition) is 8. The molecule has 186 valence electrons. The SMILES string of the molecule is CN(C)CCN(CCCNCc1cccc([N+](=O)[O-])c1)CCCNCc1cccc([N+](=O)[O-])c1. The topological polar surface area (TPSA) is 117 Å². The molecule has 2 N–H and O–H groups in total. The third-order valence-corrected chi connectivity index (χ3v) is 5.42. The van der Waals surface area contributed by atoms with Crippen LogP contribution in [0.4, 0.5) is 11.4 Å². The van der Waals surface area contributed by atoms with Crippen molar-refractivity contribution in [1.82, 2.24) is 20.4 Å². The maximum absolute atomic E-state index is 10.9. The normalized spacial score (nSPS) is 11.3. The van der Waals surface area contributed by atoms with Crippen molar-refractivity contribution >= 4 is 11.4 Å². The Kier molecular flexibility index (Phi) is 12.1. The van der Waals surface area contributed by atoms with Crippen LogP contribution in [0.25, 0.3) is 0 Å². The number of hydrogen-bond donors (Lipinski definition) is 2. The first-order chi connectivity index (χ1) is 16.3. The largest absolute Gasteiger partial charge is 0.313 e. The maximum atomic E-state index is 10.9. The van der Waals surface area contributed by atoms with E-state index < -0.39 is 0 Å². The van der Waals surface area contributed by atoms with Crippen molar-refractivity contribution in [3.63, 3.8) is 0 Å². The molecular formula is C24H36N6O4. The van der Waals surface area contributed by atoms with Gasteiger partial charge in [0.05, 0.1) is 9.85 Å². The number of rotatable bonds is 17. The summed E-state index contributed by atoms with van der Waals surface area (Å²) in [4.78, 5) is 25.7. The van der Waals surface area contributed by atoms with Crippen molar-refractivity contribution < 1.29 is 9.85 Å². The summed E-state index contributed by atoms with van der Waals surface area (Å²) in [5.74, 6) is 0. The Morgan fingerprint density at radius 3 is 1.62 bits per heavy atom. The quantitative estimate of drug-likeness (QED) is 0.205. The summed E-state index contributed by atoms with van der Waals surface area (Å²) >= 11 is 0. The van der Waals surface area contributed by atoms with Gasteiger partial charge in [0.1, 0.15) is 0 Å². The zero-order chi connectivity index (χ0) is 24.8. The van der Waals surface area contributed by atoms with E-state index in [1.165, 1.54) is 12.1 Å². The highest BCUT2D eigenvalue weighted by Crippen LogP contribution is 2.13. The van der Waals surface area contributed by atoms with E-state index in [-0.39, 0.29) is 21.2 Å². The standard InChI is InChI=1S/C24H36N6O4/c1-27(2)15-16-28(13-5-11-25-19-21-7-3-9-23(17-21)29(31)32)14-6-12-26-20-22-8-4-10-24(18-22)30(33)34/h3-4,7-10,17-18,25-26H,5-6,11-16,19-20H2,1-2H3. The van der Waals surface area contributed by atoms with Crippen molar-refractivity contribution in [2.75, 3.05) is 53.4 Å². The van der Waals surface area contributed by atoms with Crippen LogP contribution in [-0.4, -0.2) is 73.0 Å². The molecule has 0 atom stereocenters. The highest BCUT2D eigenvalue weighted by Gasteiger charge is 2.08. The second-order valence-corrected chi connectivity index (χ2v) is 8.56. The van der Waals surface area contributed by atoms with Gasteiger partial charge in [0, 0.05) is 50.4 Å². The van der Waals surface area contributed by atoms with Gasteiger partial charge >= 0.3 is 0 Å². The number of benzene rings is 2. The van der Waals surface area contributed by atoms with Crippen LogP contribution >= 0.6 is 0 Å². The molecule has 0 spiro atoms. The van der Waals surface area contributed by atoms with Gasteiger partial charge in [-0.05, 0) is 64.2 Å². The van der Waals surface area contributed by atoms with Crippen LogP contribution in [0.15, 0.2) is 48.5 Å². The minimum absolute atomic E-state index is 0.119. The van der Waals surface area contributed by atoms with Crippen LogP contribution in [0, 0.1) is 20.2 Å². The second-order valence-electron chi connectivity index (χ2n) is 8.56. The molecule has 0 unspecified atom stereocenters. The molecule has 0 aliphatic rings.